The summed E-state index contributed by atoms with van der Waals surface area (Å²) in [7, 11) is 0. The largest absolute Gasteiger partial charge is 0.478 e. The highest BCUT2D eigenvalue weighted by Crippen LogP contribution is 2.24. The van der Waals surface area contributed by atoms with E-state index >= 15 is 0 Å². The SMILES string of the molecule is Cc1noc(CCCC(=O)N2CCC(Cc3ccccc3C(=O)O)CC2)n1. The predicted molar refractivity (Wildman–Crippen MR) is 98.4 cm³/mol. The lowest BCUT2D eigenvalue weighted by Gasteiger charge is -2.32. The highest BCUT2D eigenvalue weighted by molar-refractivity contribution is 5.89. The molecule has 0 aliphatic carbocycles. The quantitative estimate of drug-likeness (QED) is 0.804. The summed E-state index contributed by atoms with van der Waals surface area (Å²) in [5.41, 5.74) is 1.26. The van der Waals surface area contributed by atoms with E-state index in [-0.39, 0.29) is 5.91 Å². The zero-order valence-electron chi connectivity index (χ0n) is 15.6. The third-order valence-electron chi connectivity index (χ3n) is 5.07. The highest BCUT2D eigenvalue weighted by Gasteiger charge is 2.24. The highest BCUT2D eigenvalue weighted by atomic mass is 16.5. The molecule has 1 saturated heterocycles. The summed E-state index contributed by atoms with van der Waals surface area (Å²) in [6, 6.07) is 7.18. The second-order valence-electron chi connectivity index (χ2n) is 7.08. The Balaban J connectivity index is 1.43. The van der Waals surface area contributed by atoms with Crippen molar-refractivity contribution in [3.05, 3.63) is 47.1 Å². The van der Waals surface area contributed by atoms with Crippen LogP contribution in [0.15, 0.2) is 28.8 Å². The number of piperidine rings is 1. The molecule has 0 spiro atoms. The van der Waals surface area contributed by atoms with Crippen LogP contribution in [-0.4, -0.2) is 45.1 Å². The Hall–Kier alpha value is -2.70. The smallest absolute Gasteiger partial charge is 0.335 e. The van der Waals surface area contributed by atoms with Crippen molar-refractivity contribution in [2.45, 2.75) is 45.4 Å². The summed E-state index contributed by atoms with van der Waals surface area (Å²) >= 11 is 0. The van der Waals surface area contributed by atoms with E-state index in [0.717, 1.165) is 37.9 Å². The van der Waals surface area contributed by atoms with Gasteiger partial charge in [-0.05, 0) is 50.2 Å². The van der Waals surface area contributed by atoms with Gasteiger partial charge in [-0.1, -0.05) is 23.4 Å². The van der Waals surface area contributed by atoms with Crippen LogP contribution < -0.4 is 0 Å². The van der Waals surface area contributed by atoms with Crippen molar-refractivity contribution in [2.75, 3.05) is 13.1 Å². The zero-order chi connectivity index (χ0) is 19.2. The molecule has 1 aromatic carbocycles. The van der Waals surface area contributed by atoms with Crippen molar-refractivity contribution < 1.29 is 19.2 Å². The van der Waals surface area contributed by atoms with Gasteiger partial charge in [-0.25, -0.2) is 4.79 Å². The van der Waals surface area contributed by atoms with Crippen LogP contribution >= 0.6 is 0 Å². The molecule has 0 bridgehead atoms. The first-order valence-corrected chi connectivity index (χ1v) is 9.41. The second kappa shape index (κ2) is 8.79. The lowest BCUT2D eigenvalue weighted by Crippen LogP contribution is -2.38. The van der Waals surface area contributed by atoms with Crippen LogP contribution in [-0.2, 0) is 17.6 Å². The lowest BCUT2D eigenvalue weighted by atomic mass is 9.88. The first kappa shape index (κ1) is 19.1. The number of aromatic nitrogens is 2. The Morgan fingerprint density at radius 2 is 2.00 bits per heavy atom. The van der Waals surface area contributed by atoms with Crippen molar-refractivity contribution in [3.8, 4) is 0 Å². The molecule has 1 aromatic heterocycles. The Morgan fingerprint density at radius 1 is 1.26 bits per heavy atom. The normalized spacial score (nSPS) is 15.1. The Morgan fingerprint density at radius 3 is 2.67 bits per heavy atom. The summed E-state index contributed by atoms with van der Waals surface area (Å²) in [6.07, 6.45) is 4.36. The fourth-order valence-electron chi connectivity index (χ4n) is 3.59. The van der Waals surface area contributed by atoms with Gasteiger partial charge in [-0.2, -0.15) is 4.98 Å². The molecule has 1 aliphatic rings. The molecule has 0 atom stereocenters. The molecule has 2 heterocycles. The number of aromatic carboxylic acids is 1. The Labute approximate surface area is 158 Å². The monoisotopic (exact) mass is 371 g/mol. The fourth-order valence-corrected chi connectivity index (χ4v) is 3.59. The van der Waals surface area contributed by atoms with Gasteiger partial charge in [0.2, 0.25) is 11.8 Å². The summed E-state index contributed by atoms with van der Waals surface area (Å²) in [5.74, 6) is 0.889. The zero-order valence-corrected chi connectivity index (χ0v) is 15.6. The number of amides is 1. The van der Waals surface area contributed by atoms with Gasteiger partial charge < -0.3 is 14.5 Å². The summed E-state index contributed by atoms with van der Waals surface area (Å²) in [4.78, 5) is 29.8. The second-order valence-corrected chi connectivity index (χ2v) is 7.08. The van der Waals surface area contributed by atoms with Crippen LogP contribution in [0.2, 0.25) is 0 Å². The Kier molecular flexibility index (Phi) is 6.21. The van der Waals surface area contributed by atoms with Crippen molar-refractivity contribution in [1.29, 1.82) is 0 Å². The minimum absolute atomic E-state index is 0.163. The van der Waals surface area contributed by atoms with Crippen LogP contribution in [0.25, 0.3) is 0 Å². The molecule has 1 N–H and O–H groups in total. The molecule has 7 nitrogen and oxygen atoms in total. The minimum Gasteiger partial charge on any atom is -0.478 e. The fraction of sp³-hybridized carbons (Fsp3) is 0.500. The van der Waals surface area contributed by atoms with E-state index in [1.807, 2.05) is 17.0 Å². The number of likely N-dealkylation sites (tertiary alicyclic amines) is 1. The van der Waals surface area contributed by atoms with Gasteiger partial charge in [-0.3, -0.25) is 4.79 Å². The van der Waals surface area contributed by atoms with Gasteiger partial charge >= 0.3 is 5.97 Å². The molecule has 144 valence electrons. The summed E-state index contributed by atoms with van der Waals surface area (Å²) < 4.78 is 5.06. The van der Waals surface area contributed by atoms with E-state index in [1.165, 1.54) is 0 Å². The minimum atomic E-state index is -0.880. The third kappa shape index (κ3) is 5.15. The Bertz CT molecular complexity index is 794. The van der Waals surface area contributed by atoms with Crippen molar-refractivity contribution >= 4 is 11.9 Å². The topological polar surface area (TPSA) is 96.5 Å². The number of rotatable bonds is 7. The molecule has 1 fully saturated rings. The number of hydrogen-bond acceptors (Lipinski definition) is 5. The molecule has 1 amide bonds. The van der Waals surface area contributed by atoms with Crippen LogP contribution in [0.4, 0.5) is 0 Å². The van der Waals surface area contributed by atoms with Crippen molar-refractivity contribution in [1.82, 2.24) is 15.0 Å². The molecule has 27 heavy (non-hydrogen) atoms. The van der Waals surface area contributed by atoms with Gasteiger partial charge in [0, 0.05) is 25.9 Å². The molecule has 0 radical (unpaired) electrons. The van der Waals surface area contributed by atoms with Crippen LogP contribution in [0.5, 0.6) is 0 Å². The molecule has 2 aromatic rings. The van der Waals surface area contributed by atoms with Crippen LogP contribution in [0, 0.1) is 12.8 Å². The van der Waals surface area contributed by atoms with E-state index in [9.17, 15) is 14.7 Å². The number of aryl methyl sites for hydroxylation is 2. The molecular weight excluding hydrogens is 346 g/mol. The predicted octanol–water partition coefficient (Wildman–Crippen LogP) is 2.88. The molecule has 3 rings (SSSR count). The number of carboxylic acids is 1. The lowest BCUT2D eigenvalue weighted by molar-refractivity contribution is -0.132. The van der Waals surface area contributed by atoms with E-state index in [4.69, 9.17) is 4.52 Å². The van der Waals surface area contributed by atoms with Gasteiger partial charge in [0.15, 0.2) is 5.82 Å². The maximum absolute atomic E-state index is 12.4. The molecular formula is C20H25N3O4. The van der Waals surface area contributed by atoms with Crippen LogP contribution in [0.3, 0.4) is 0 Å². The van der Waals surface area contributed by atoms with Gasteiger partial charge in [0.1, 0.15) is 0 Å². The number of carbonyl (C=O) groups excluding carboxylic acids is 1. The molecule has 0 unspecified atom stereocenters. The van der Waals surface area contributed by atoms with E-state index < -0.39 is 5.97 Å². The number of carboxylic acid groups (broad SMARTS) is 1. The maximum Gasteiger partial charge on any atom is 0.335 e. The van der Waals surface area contributed by atoms with Gasteiger partial charge in [0.25, 0.3) is 0 Å². The van der Waals surface area contributed by atoms with Crippen LogP contribution in [0.1, 0.15) is 53.3 Å². The first-order chi connectivity index (χ1) is 13.0. The summed E-state index contributed by atoms with van der Waals surface area (Å²) in [5, 5.41) is 13.1. The number of hydrogen-bond donors (Lipinski definition) is 1. The number of carbonyl (C=O) groups is 2. The summed E-state index contributed by atoms with van der Waals surface area (Å²) in [6.45, 7) is 3.24. The first-order valence-electron chi connectivity index (χ1n) is 9.41. The van der Waals surface area contributed by atoms with E-state index in [0.29, 0.717) is 42.5 Å². The molecule has 0 saturated carbocycles. The van der Waals surface area contributed by atoms with E-state index in [2.05, 4.69) is 10.1 Å². The average Bonchev–Trinajstić information content (AvgIpc) is 3.07. The van der Waals surface area contributed by atoms with Gasteiger partial charge in [0.05, 0.1) is 5.56 Å². The van der Waals surface area contributed by atoms with Gasteiger partial charge in [-0.15, -0.1) is 0 Å². The number of nitrogens with zero attached hydrogens (tertiary/aromatic N) is 3. The van der Waals surface area contributed by atoms with Crippen molar-refractivity contribution in [2.24, 2.45) is 5.92 Å². The van der Waals surface area contributed by atoms with E-state index in [1.54, 1.807) is 19.1 Å². The molecule has 7 heteroatoms. The number of benzene rings is 1. The average molecular weight is 371 g/mol. The molecule has 1 aliphatic heterocycles. The maximum atomic E-state index is 12.4. The third-order valence-corrected chi connectivity index (χ3v) is 5.07. The standard InChI is InChI=1S/C20H25N3O4/c1-14-21-18(27-22-14)7-4-8-19(24)23-11-9-15(10-12-23)13-16-5-2-3-6-17(16)20(25)26/h2-3,5-6,15H,4,7-13H2,1H3,(H,25,26). The van der Waals surface area contributed by atoms with Crippen molar-refractivity contribution in [3.63, 3.8) is 0 Å².